The maximum absolute atomic E-state index is 12.5. The van der Waals surface area contributed by atoms with E-state index >= 15 is 0 Å². The van der Waals surface area contributed by atoms with Crippen molar-refractivity contribution in [1.82, 2.24) is 15.1 Å². The Labute approximate surface area is 149 Å². The minimum atomic E-state index is -0.0414. The van der Waals surface area contributed by atoms with Gasteiger partial charge in [0.25, 0.3) is 0 Å². The fourth-order valence-electron chi connectivity index (χ4n) is 3.00. The van der Waals surface area contributed by atoms with Gasteiger partial charge in [0.05, 0.1) is 12.0 Å². The lowest BCUT2D eigenvalue weighted by Gasteiger charge is -2.26. The standard InChI is InChI=1S/C19H16ClN3O2/c20-14-4-1-3-13(11-14)19-16-12-23(9-8-17(16)21-22-19)18(24)7-6-15-5-2-10-25-15/h1-7,10-11H,8-9,12H2,(H,21,22)/b7-6+. The second-order valence-electron chi connectivity index (χ2n) is 5.90. The predicted octanol–water partition coefficient (Wildman–Crippen LogP) is 3.92. The highest BCUT2D eigenvalue weighted by Gasteiger charge is 2.24. The number of carbonyl (C=O) groups is 1. The van der Waals surface area contributed by atoms with Crippen molar-refractivity contribution in [2.75, 3.05) is 6.54 Å². The van der Waals surface area contributed by atoms with Gasteiger partial charge in [0.15, 0.2) is 0 Å². The average Bonchev–Trinajstić information content (AvgIpc) is 3.28. The van der Waals surface area contributed by atoms with E-state index in [1.54, 1.807) is 24.5 Å². The maximum atomic E-state index is 12.5. The fraction of sp³-hybridized carbons (Fsp3) is 0.158. The Morgan fingerprint density at radius 3 is 3.04 bits per heavy atom. The monoisotopic (exact) mass is 353 g/mol. The van der Waals surface area contributed by atoms with Crippen LogP contribution in [0.15, 0.2) is 53.2 Å². The van der Waals surface area contributed by atoms with Gasteiger partial charge in [-0.05, 0) is 30.3 Å². The topological polar surface area (TPSA) is 62.1 Å². The molecule has 0 spiro atoms. The number of benzene rings is 1. The Bertz CT molecular complexity index is 928. The normalized spacial score (nSPS) is 14.0. The van der Waals surface area contributed by atoms with E-state index in [0.29, 0.717) is 23.9 Å². The molecule has 0 aliphatic carbocycles. The van der Waals surface area contributed by atoms with Crippen LogP contribution in [0.2, 0.25) is 5.02 Å². The Morgan fingerprint density at radius 1 is 1.32 bits per heavy atom. The summed E-state index contributed by atoms with van der Waals surface area (Å²) in [6.45, 7) is 1.18. The maximum Gasteiger partial charge on any atom is 0.247 e. The van der Waals surface area contributed by atoms with Crippen LogP contribution in [-0.4, -0.2) is 27.5 Å². The molecular formula is C19H16ClN3O2. The number of hydrogen-bond donors (Lipinski definition) is 1. The molecule has 1 N–H and O–H groups in total. The highest BCUT2D eigenvalue weighted by atomic mass is 35.5. The summed E-state index contributed by atoms with van der Waals surface area (Å²) in [7, 11) is 0. The van der Waals surface area contributed by atoms with Crippen LogP contribution in [0.5, 0.6) is 0 Å². The van der Waals surface area contributed by atoms with Crippen LogP contribution in [0.3, 0.4) is 0 Å². The summed E-state index contributed by atoms with van der Waals surface area (Å²) in [5, 5.41) is 8.19. The first kappa shape index (κ1) is 15.7. The quantitative estimate of drug-likeness (QED) is 0.726. The van der Waals surface area contributed by atoms with Crippen LogP contribution in [-0.2, 0) is 17.8 Å². The van der Waals surface area contributed by atoms with Gasteiger partial charge in [0.2, 0.25) is 5.91 Å². The SMILES string of the molecule is O=C(/C=C/c1ccco1)N1CCc2[nH]nc(-c3cccc(Cl)c3)c2C1. The number of fused-ring (bicyclic) bond motifs is 1. The van der Waals surface area contributed by atoms with Crippen LogP contribution >= 0.6 is 11.6 Å². The number of halogens is 1. The first-order chi connectivity index (χ1) is 12.2. The molecule has 0 fully saturated rings. The van der Waals surface area contributed by atoms with Crippen LogP contribution < -0.4 is 0 Å². The van der Waals surface area contributed by atoms with Crippen LogP contribution in [0.4, 0.5) is 0 Å². The molecule has 1 amide bonds. The zero-order valence-corrected chi connectivity index (χ0v) is 14.2. The molecule has 0 unspecified atom stereocenters. The van der Waals surface area contributed by atoms with Gasteiger partial charge >= 0.3 is 0 Å². The van der Waals surface area contributed by atoms with Gasteiger partial charge in [-0.15, -0.1) is 0 Å². The first-order valence-corrected chi connectivity index (χ1v) is 8.41. The lowest BCUT2D eigenvalue weighted by Crippen LogP contribution is -2.34. The minimum absolute atomic E-state index is 0.0414. The third-order valence-electron chi connectivity index (χ3n) is 4.28. The van der Waals surface area contributed by atoms with Crippen molar-refractivity contribution >= 4 is 23.6 Å². The fourth-order valence-corrected chi connectivity index (χ4v) is 3.19. The molecular weight excluding hydrogens is 338 g/mol. The number of carbonyl (C=O) groups excluding carboxylic acids is 1. The number of rotatable bonds is 3. The number of H-pyrrole nitrogens is 1. The summed E-state index contributed by atoms with van der Waals surface area (Å²) in [5.41, 5.74) is 3.93. The molecule has 1 aromatic carbocycles. The van der Waals surface area contributed by atoms with Gasteiger partial charge < -0.3 is 9.32 Å². The zero-order chi connectivity index (χ0) is 17.2. The summed E-state index contributed by atoms with van der Waals surface area (Å²) in [6, 6.07) is 11.2. The molecule has 25 heavy (non-hydrogen) atoms. The molecule has 0 bridgehead atoms. The molecule has 2 aromatic heterocycles. The smallest absolute Gasteiger partial charge is 0.247 e. The summed E-state index contributed by atoms with van der Waals surface area (Å²) in [4.78, 5) is 14.3. The summed E-state index contributed by atoms with van der Waals surface area (Å²) in [5.74, 6) is 0.620. The second kappa shape index (κ2) is 6.61. The van der Waals surface area contributed by atoms with Gasteiger partial charge in [0.1, 0.15) is 5.76 Å². The molecule has 126 valence electrons. The molecule has 6 heteroatoms. The molecule has 1 aliphatic rings. The Hall–Kier alpha value is -2.79. The third kappa shape index (κ3) is 3.23. The van der Waals surface area contributed by atoms with Crippen LogP contribution in [0, 0.1) is 0 Å². The molecule has 4 rings (SSSR count). The molecule has 0 saturated heterocycles. The van der Waals surface area contributed by atoms with Crippen molar-refractivity contribution in [2.24, 2.45) is 0 Å². The Morgan fingerprint density at radius 2 is 2.24 bits per heavy atom. The zero-order valence-electron chi connectivity index (χ0n) is 13.4. The molecule has 0 atom stereocenters. The minimum Gasteiger partial charge on any atom is -0.465 e. The largest absolute Gasteiger partial charge is 0.465 e. The number of nitrogens with one attached hydrogen (secondary N) is 1. The second-order valence-corrected chi connectivity index (χ2v) is 6.33. The lowest BCUT2D eigenvalue weighted by atomic mass is 10.0. The number of aromatic nitrogens is 2. The molecule has 0 saturated carbocycles. The van der Waals surface area contributed by atoms with Crippen molar-refractivity contribution < 1.29 is 9.21 Å². The molecule has 5 nitrogen and oxygen atoms in total. The van der Waals surface area contributed by atoms with Crippen molar-refractivity contribution in [1.29, 1.82) is 0 Å². The Balaban J connectivity index is 1.56. The van der Waals surface area contributed by atoms with Crippen molar-refractivity contribution in [3.8, 4) is 11.3 Å². The van der Waals surface area contributed by atoms with E-state index in [9.17, 15) is 4.79 Å². The summed E-state index contributed by atoms with van der Waals surface area (Å²) >= 11 is 6.09. The van der Waals surface area contributed by atoms with Crippen molar-refractivity contribution in [2.45, 2.75) is 13.0 Å². The number of aromatic amines is 1. The Kier molecular flexibility index (Phi) is 4.15. The number of nitrogens with zero attached hydrogens (tertiary/aromatic N) is 2. The van der Waals surface area contributed by atoms with Gasteiger partial charge in [-0.3, -0.25) is 9.89 Å². The van der Waals surface area contributed by atoms with Gasteiger partial charge in [-0.25, -0.2) is 0 Å². The van der Waals surface area contributed by atoms with E-state index in [0.717, 1.165) is 28.9 Å². The van der Waals surface area contributed by atoms with E-state index in [1.165, 1.54) is 0 Å². The van der Waals surface area contributed by atoms with E-state index in [1.807, 2.05) is 35.2 Å². The van der Waals surface area contributed by atoms with Gasteiger partial charge in [0, 0.05) is 47.4 Å². The molecule has 3 aromatic rings. The first-order valence-electron chi connectivity index (χ1n) is 8.03. The molecule has 1 aliphatic heterocycles. The van der Waals surface area contributed by atoms with E-state index < -0.39 is 0 Å². The summed E-state index contributed by atoms with van der Waals surface area (Å²) < 4.78 is 5.22. The van der Waals surface area contributed by atoms with Gasteiger partial charge in [-0.2, -0.15) is 5.10 Å². The number of amides is 1. The molecule has 3 heterocycles. The van der Waals surface area contributed by atoms with E-state index in [4.69, 9.17) is 16.0 Å². The van der Waals surface area contributed by atoms with Crippen LogP contribution in [0.1, 0.15) is 17.0 Å². The van der Waals surface area contributed by atoms with Crippen molar-refractivity contribution in [3.05, 3.63) is 70.8 Å². The highest BCUT2D eigenvalue weighted by Crippen LogP contribution is 2.29. The highest BCUT2D eigenvalue weighted by molar-refractivity contribution is 6.30. The average molecular weight is 354 g/mol. The number of hydrogen-bond acceptors (Lipinski definition) is 3. The van der Waals surface area contributed by atoms with E-state index in [-0.39, 0.29) is 5.91 Å². The van der Waals surface area contributed by atoms with E-state index in [2.05, 4.69) is 10.2 Å². The predicted molar refractivity (Wildman–Crippen MR) is 95.9 cm³/mol. The lowest BCUT2D eigenvalue weighted by molar-refractivity contribution is -0.126. The molecule has 0 radical (unpaired) electrons. The third-order valence-corrected chi connectivity index (χ3v) is 4.51. The number of furan rings is 1. The summed E-state index contributed by atoms with van der Waals surface area (Å²) in [6.07, 6.45) is 5.57. The van der Waals surface area contributed by atoms with Gasteiger partial charge in [-0.1, -0.05) is 23.7 Å². The van der Waals surface area contributed by atoms with Crippen LogP contribution in [0.25, 0.3) is 17.3 Å². The van der Waals surface area contributed by atoms with Crippen molar-refractivity contribution in [3.63, 3.8) is 0 Å².